The highest BCUT2D eigenvalue weighted by atomic mass is 35.5. The first-order valence-electron chi connectivity index (χ1n) is 6.25. The smallest absolute Gasteiger partial charge is 0.244 e. The first-order valence-corrected chi connectivity index (χ1v) is 8.44. The average Bonchev–Trinajstić information content (AvgIpc) is 2.35. The van der Waals surface area contributed by atoms with Crippen LogP contribution in [0.15, 0.2) is 17.0 Å². The monoisotopic (exact) mass is 339 g/mol. The summed E-state index contributed by atoms with van der Waals surface area (Å²) in [5.41, 5.74) is 0.340. The molecule has 0 saturated heterocycles. The van der Waals surface area contributed by atoms with Crippen molar-refractivity contribution in [3.8, 4) is 0 Å². The van der Waals surface area contributed by atoms with Gasteiger partial charge in [0.1, 0.15) is 4.90 Å². The van der Waals surface area contributed by atoms with Crippen LogP contribution in [0, 0.1) is 5.92 Å². The van der Waals surface area contributed by atoms with E-state index in [4.69, 9.17) is 23.2 Å². The van der Waals surface area contributed by atoms with Crippen LogP contribution in [0.4, 0.5) is 0 Å². The summed E-state index contributed by atoms with van der Waals surface area (Å²) in [5, 5.41) is 9.49. The van der Waals surface area contributed by atoms with Gasteiger partial charge in [0.2, 0.25) is 10.0 Å². The minimum atomic E-state index is -3.68. The van der Waals surface area contributed by atoms with Gasteiger partial charge in [0, 0.05) is 18.6 Å². The molecule has 114 valence electrons. The molecule has 0 aliphatic rings. The maximum Gasteiger partial charge on any atom is 0.244 e. The second-order valence-corrected chi connectivity index (χ2v) is 7.87. The van der Waals surface area contributed by atoms with Gasteiger partial charge in [-0.25, -0.2) is 12.7 Å². The highest BCUT2D eigenvalue weighted by Gasteiger charge is 2.24. The molecule has 0 aliphatic carbocycles. The zero-order valence-corrected chi connectivity index (χ0v) is 14.1. The van der Waals surface area contributed by atoms with Crippen molar-refractivity contribution in [1.29, 1.82) is 0 Å². The number of nitrogens with zero attached hydrogens (tertiary/aromatic N) is 1. The summed E-state index contributed by atoms with van der Waals surface area (Å²) in [5.74, 6) is 0.404. The molecule has 7 heteroatoms. The van der Waals surface area contributed by atoms with E-state index >= 15 is 0 Å². The molecule has 4 nitrogen and oxygen atoms in total. The van der Waals surface area contributed by atoms with Crippen LogP contribution in [0.25, 0.3) is 0 Å². The van der Waals surface area contributed by atoms with Crippen molar-refractivity contribution in [1.82, 2.24) is 4.31 Å². The summed E-state index contributed by atoms with van der Waals surface area (Å²) in [7, 11) is -2.17. The normalized spacial score (nSPS) is 12.4. The Kier molecular flexibility index (Phi) is 6.28. The number of halogens is 2. The standard InChI is InChI=1S/C13H19Cl2NO3S/c1-9(2)4-5-16(3)20(18,19)13-6-10(8-17)11(14)7-12(13)15/h6-7,9,17H,4-5,8H2,1-3H3. The van der Waals surface area contributed by atoms with Crippen LogP contribution in [0.3, 0.4) is 0 Å². The number of hydrogen-bond donors (Lipinski definition) is 1. The second-order valence-electron chi connectivity index (χ2n) is 5.04. The Morgan fingerprint density at radius 2 is 1.85 bits per heavy atom. The molecule has 0 unspecified atom stereocenters. The summed E-state index contributed by atoms with van der Waals surface area (Å²) in [4.78, 5) is -0.0288. The molecule has 1 aromatic carbocycles. The molecule has 0 atom stereocenters. The van der Waals surface area contributed by atoms with Crippen molar-refractivity contribution in [3.63, 3.8) is 0 Å². The molecule has 0 saturated carbocycles. The van der Waals surface area contributed by atoms with Crippen molar-refractivity contribution in [2.45, 2.75) is 31.8 Å². The van der Waals surface area contributed by atoms with Crippen molar-refractivity contribution >= 4 is 33.2 Å². The van der Waals surface area contributed by atoms with E-state index in [1.807, 2.05) is 13.8 Å². The molecule has 0 fully saturated rings. The minimum Gasteiger partial charge on any atom is -0.392 e. The quantitative estimate of drug-likeness (QED) is 0.865. The Bertz CT molecular complexity index is 573. The topological polar surface area (TPSA) is 57.6 Å². The molecule has 0 heterocycles. The summed E-state index contributed by atoms with van der Waals surface area (Å²) in [6, 6.07) is 2.67. The van der Waals surface area contributed by atoms with Gasteiger partial charge in [-0.3, -0.25) is 0 Å². The predicted octanol–water partition coefficient (Wildman–Crippen LogP) is 3.15. The van der Waals surface area contributed by atoms with Gasteiger partial charge in [-0.15, -0.1) is 0 Å². The maximum atomic E-state index is 12.5. The minimum absolute atomic E-state index is 0.0288. The van der Waals surface area contributed by atoms with Crippen molar-refractivity contribution < 1.29 is 13.5 Å². The fraction of sp³-hybridized carbons (Fsp3) is 0.538. The summed E-state index contributed by atoms with van der Waals surface area (Å²) >= 11 is 11.9. The highest BCUT2D eigenvalue weighted by molar-refractivity contribution is 7.89. The summed E-state index contributed by atoms with van der Waals surface area (Å²) in [6.07, 6.45) is 0.758. The molecule has 0 aromatic heterocycles. The van der Waals surface area contributed by atoms with E-state index < -0.39 is 10.0 Å². The maximum absolute atomic E-state index is 12.5. The van der Waals surface area contributed by atoms with Crippen LogP contribution >= 0.6 is 23.2 Å². The van der Waals surface area contributed by atoms with Crippen molar-refractivity contribution in [3.05, 3.63) is 27.7 Å². The van der Waals surface area contributed by atoms with E-state index in [0.29, 0.717) is 18.0 Å². The van der Waals surface area contributed by atoms with E-state index in [2.05, 4.69) is 0 Å². The van der Waals surface area contributed by atoms with Gasteiger partial charge in [-0.1, -0.05) is 37.0 Å². The Morgan fingerprint density at radius 3 is 2.35 bits per heavy atom. The molecule has 1 N–H and O–H groups in total. The Balaban J connectivity index is 3.15. The molecule has 1 aromatic rings. The number of hydrogen-bond acceptors (Lipinski definition) is 3. The molecular formula is C13H19Cl2NO3S. The highest BCUT2D eigenvalue weighted by Crippen LogP contribution is 2.30. The van der Waals surface area contributed by atoms with Gasteiger partial charge in [-0.05, 0) is 30.0 Å². The van der Waals surface area contributed by atoms with Gasteiger partial charge < -0.3 is 5.11 Å². The molecule has 1 rings (SSSR count). The third-order valence-corrected chi connectivity index (χ3v) is 5.65. The lowest BCUT2D eigenvalue weighted by Gasteiger charge is -2.19. The van der Waals surface area contributed by atoms with Crippen LogP contribution < -0.4 is 0 Å². The Hall–Kier alpha value is -0.330. The van der Waals surface area contributed by atoms with E-state index in [9.17, 15) is 13.5 Å². The fourth-order valence-corrected chi connectivity index (χ4v) is 3.63. The number of benzene rings is 1. The Morgan fingerprint density at radius 1 is 1.25 bits per heavy atom. The number of aliphatic hydroxyl groups is 1. The molecule has 0 aliphatic heterocycles. The largest absolute Gasteiger partial charge is 0.392 e. The van der Waals surface area contributed by atoms with E-state index in [1.165, 1.54) is 23.5 Å². The average molecular weight is 340 g/mol. The Labute approximate surface area is 130 Å². The molecule has 0 amide bonds. The lowest BCUT2D eigenvalue weighted by Crippen LogP contribution is -2.29. The van der Waals surface area contributed by atoms with E-state index in [1.54, 1.807) is 0 Å². The fourth-order valence-electron chi connectivity index (χ4n) is 1.62. The number of rotatable bonds is 6. The van der Waals surface area contributed by atoms with Crippen LogP contribution in [-0.2, 0) is 16.6 Å². The lowest BCUT2D eigenvalue weighted by molar-refractivity contribution is 0.281. The van der Waals surface area contributed by atoms with Gasteiger partial charge in [0.05, 0.1) is 11.6 Å². The van der Waals surface area contributed by atoms with Gasteiger partial charge >= 0.3 is 0 Å². The molecule has 20 heavy (non-hydrogen) atoms. The van der Waals surface area contributed by atoms with Gasteiger partial charge in [0.25, 0.3) is 0 Å². The van der Waals surface area contributed by atoms with Crippen LogP contribution in [0.2, 0.25) is 10.0 Å². The SMILES string of the molecule is CC(C)CCN(C)S(=O)(=O)c1cc(CO)c(Cl)cc1Cl. The van der Waals surface area contributed by atoms with E-state index in [0.717, 1.165) is 6.42 Å². The summed E-state index contributed by atoms with van der Waals surface area (Å²) < 4.78 is 26.2. The third-order valence-electron chi connectivity index (χ3n) is 2.98. The lowest BCUT2D eigenvalue weighted by atomic mass is 10.1. The molecule has 0 spiro atoms. The predicted molar refractivity (Wildman–Crippen MR) is 81.7 cm³/mol. The zero-order valence-electron chi connectivity index (χ0n) is 11.7. The van der Waals surface area contributed by atoms with Crippen LogP contribution in [-0.4, -0.2) is 31.4 Å². The van der Waals surface area contributed by atoms with Crippen LogP contribution in [0.5, 0.6) is 0 Å². The first-order chi connectivity index (χ1) is 9.20. The zero-order chi connectivity index (χ0) is 15.5. The summed E-state index contributed by atoms with van der Waals surface area (Å²) in [6.45, 7) is 4.13. The number of aliphatic hydroxyl groups excluding tert-OH is 1. The second kappa shape index (κ2) is 7.09. The van der Waals surface area contributed by atoms with Crippen molar-refractivity contribution in [2.24, 2.45) is 5.92 Å². The van der Waals surface area contributed by atoms with Crippen molar-refractivity contribution in [2.75, 3.05) is 13.6 Å². The first kappa shape index (κ1) is 17.7. The van der Waals surface area contributed by atoms with Crippen LogP contribution in [0.1, 0.15) is 25.8 Å². The third kappa shape index (κ3) is 4.09. The molecule has 0 radical (unpaired) electrons. The van der Waals surface area contributed by atoms with E-state index in [-0.39, 0.29) is 21.5 Å². The van der Waals surface area contributed by atoms with Gasteiger partial charge in [0.15, 0.2) is 0 Å². The molecular weight excluding hydrogens is 321 g/mol. The van der Waals surface area contributed by atoms with Gasteiger partial charge in [-0.2, -0.15) is 0 Å². The molecule has 0 bridgehead atoms. The number of sulfonamides is 1.